The van der Waals surface area contributed by atoms with Gasteiger partial charge < -0.3 is 16.4 Å². The Labute approximate surface area is 71.9 Å². The molecule has 0 atom stereocenters. The maximum Gasteiger partial charge on any atom is 0.220 e. The minimum Gasteiger partial charge on any atom is -0.369 e. The topological polar surface area (TPSA) is 67.2 Å². The molecule has 2 aliphatic rings. The number of piperazine rings is 1. The Kier molecular flexibility index (Phi) is 1.81. The van der Waals surface area contributed by atoms with Crippen LogP contribution < -0.4 is 16.4 Å². The van der Waals surface area contributed by atoms with Crippen molar-refractivity contribution in [3.05, 3.63) is 0 Å². The van der Waals surface area contributed by atoms with E-state index in [0.717, 1.165) is 32.5 Å². The first-order chi connectivity index (χ1) is 5.72. The lowest BCUT2D eigenvalue weighted by atomic mass is 9.67. The third kappa shape index (κ3) is 1.21. The third-order valence-electron chi connectivity index (χ3n) is 2.94. The number of nitrogens with one attached hydrogen (secondary N) is 2. The predicted octanol–water partition coefficient (Wildman–Crippen LogP) is -1.19. The second-order valence-electron chi connectivity index (χ2n) is 3.89. The highest BCUT2D eigenvalue weighted by Gasteiger charge is 2.46. The van der Waals surface area contributed by atoms with Crippen molar-refractivity contribution < 1.29 is 4.79 Å². The van der Waals surface area contributed by atoms with E-state index in [1.165, 1.54) is 0 Å². The second kappa shape index (κ2) is 2.71. The summed E-state index contributed by atoms with van der Waals surface area (Å²) < 4.78 is 0. The number of hydrogen-bond donors (Lipinski definition) is 3. The molecule has 1 saturated heterocycles. The Morgan fingerprint density at radius 3 is 2.67 bits per heavy atom. The monoisotopic (exact) mass is 169 g/mol. The molecule has 0 radical (unpaired) electrons. The van der Waals surface area contributed by atoms with Gasteiger partial charge in [-0.1, -0.05) is 0 Å². The first-order valence-corrected chi connectivity index (χ1v) is 4.47. The summed E-state index contributed by atoms with van der Waals surface area (Å²) in [5, 5.41) is 6.77. The lowest BCUT2D eigenvalue weighted by molar-refractivity contribution is -0.127. The molecule has 1 saturated carbocycles. The molecule has 0 aromatic carbocycles. The molecule has 0 aromatic heterocycles. The van der Waals surface area contributed by atoms with Gasteiger partial charge in [-0.15, -0.1) is 0 Å². The normalized spacial score (nSPS) is 40.8. The van der Waals surface area contributed by atoms with Gasteiger partial charge in [0.15, 0.2) is 0 Å². The highest BCUT2D eigenvalue weighted by atomic mass is 16.1. The minimum atomic E-state index is -0.145. The SMILES string of the molecule is NC(=O)C1CC2(CNCCN2)C1. The van der Waals surface area contributed by atoms with E-state index in [0.29, 0.717) is 0 Å². The minimum absolute atomic E-state index is 0.109. The van der Waals surface area contributed by atoms with Crippen molar-refractivity contribution in [2.45, 2.75) is 18.4 Å². The first kappa shape index (κ1) is 8.01. The summed E-state index contributed by atoms with van der Waals surface area (Å²) in [6.45, 7) is 3.02. The van der Waals surface area contributed by atoms with Crippen molar-refractivity contribution in [2.24, 2.45) is 11.7 Å². The van der Waals surface area contributed by atoms with E-state index in [-0.39, 0.29) is 17.4 Å². The van der Waals surface area contributed by atoms with E-state index >= 15 is 0 Å². The fraction of sp³-hybridized carbons (Fsp3) is 0.875. The molecule has 1 aliphatic heterocycles. The molecule has 0 unspecified atom stereocenters. The van der Waals surface area contributed by atoms with Gasteiger partial charge in [0, 0.05) is 31.1 Å². The van der Waals surface area contributed by atoms with Crippen LogP contribution in [0, 0.1) is 5.92 Å². The smallest absolute Gasteiger partial charge is 0.220 e. The van der Waals surface area contributed by atoms with E-state index in [9.17, 15) is 4.79 Å². The van der Waals surface area contributed by atoms with Gasteiger partial charge in [0.25, 0.3) is 0 Å². The highest BCUT2D eigenvalue weighted by molar-refractivity contribution is 5.78. The standard InChI is InChI=1S/C8H15N3O/c9-7(12)6-3-8(4-6)5-10-1-2-11-8/h6,10-11H,1-5H2,(H2,9,12). The maximum atomic E-state index is 10.8. The lowest BCUT2D eigenvalue weighted by Gasteiger charge is -2.49. The van der Waals surface area contributed by atoms with Gasteiger partial charge in [-0.3, -0.25) is 4.79 Å². The fourth-order valence-corrected chi connectivity index (χ4v) is 2.18. The van der Waals surface area contributed by atoms with Crippen LogP contribution in [0.3, 0.4) is 0 Å². The van der Waals surface area contributed by atoms with E-state index in [2.05, 4.69) is 10.6 Å². The molecular weight excluding hydrogens is 154 g/mol. The number of hydrogen-bond acceptors (Lipinski definition) is 3. The van der Waals surface area contributed by atoms with Crippen molar-refractivity contribution in [3.8, 4) is 0 Å². The van der Waals surface area contributed by atoms with E-state index in [1.54, 1.807) is 0 Å². The van der Waals surface area contributed by atoms with E-state index in [4.69, 9.17) is 5.73 Å². The zero-order valence-corrected chi connectivity index (χ0v) is 7.10. The summed E-state index contributed by atoms with van der Waals surface area (Å²) in [5.74, 6) is -0.0367. The zero-order chi connectivity index (χ0) is 8.60. The molecular formula is C8H15N3O. The Morgan fingerprint density at radius 2 is 2.17 bits per heavy atom. The van der Waals surface area contributed by atoms with Crippen LogP contribution in [0.25, 0.3) is 0 Å². The number of nitrogens with two attached hydrogens (primary N) is 1. The molecule has 1 aliphatic carbocycles. The molecule has 4 heteroatoms. The van der Waals surface area contributed by atoms with Crippen LogP contribution >= 0.6 is 0 Å². The van der Waals surface area contributed by atoms with Crippen LogP contribution in [0.5, 0.6) is 0 Å². The molecule has 2 fully saturated rings. The number of carbonyl (C=O) groups is 1. The largest absolute Gasteiger partial charge is 0.369 e. The average Bonchev–Trinajstić information content (AvgIpc) is 2.01. The third-order valence-corrected chi connectivity index (χ3v) is 2.94. The van der Waals surface area contributed by atoms with Crippen LogP contribution in [0.15, 0.2) is 0 Å². The highest BCUT2D eigenvalue weighted by Crippen LogP contribution is 2.37. The van der Waals surface area contributed by atoms with Crippen LogP contribution in [-0.4, -0.2) is 31.1 Å². The molecule has 2 rings (SSSR count). The molecule has 1 heterocycles. The molecule has 68 valence electrons. The lowest BCUT2D eigenvalue weighted by Crippen LogP contribution is -2.67. The molecule has 4 nitrogen and oxygen atoms in total. The van der Waals surface area contributed by atoms with Crippen LogP contribution in [0.1, 0.15) is 12.8 Å². The zero-order valence-electron chi connectivity index (χ0n) is 7.10. The van der Waals surface area contributed by atoms with Gasteiger partial charge in [-0.05, 0) is 12.8 Å². The predicted molar refractivity (Wildman–Crippen MR) is 45.5 cm³/mol. The molecule has 0 bridgehead atoms. The second-order valence-corrected chi connectivity index (χ2v) is 3.89. The average molecular weight is 169 g/mol. The van der Waals surface area contributed by atoms with Crippen LogP contribution in [0.2, 0.25) is 0 Å². The summed E-state index contributed by atoms with van der Waals surface area (Å²) in [6.07, 6.45) is 1.82. The maximum absolute atomic E-state index is 10.8. The number of primary amides is 1. The Bertz CT molecular complexity index is 190. The number of carbonyl (C=O) groups excluding carboxylic acids is 1. The Morgan fingerprint density at radius 1 is 1.42 bits per heavy atom. The number of rotatable bonds is 1. The van der Waals surface area contributed by atoms with Gasteiger partial charge in [-0.25, -0.2) is 0 Å². The van der Waals surface area contributed by atoms with Crippen molar-refractivity contribution in [2.75, 3.05) is 19.6 Å². The van der Waals surface area contributed by atoms with E-state index in [1.807, 2.05) is 0 Å². The van der Waals surface area contributed by atoms with Crippen molar-refractivity contribution in [3.63, 3.8) is 0 Å². The summed E-state index contributed by atoms with van der Waals surface area (Å²) in [5.41, 5.74) is 5.39. The fourth-order valence-electron chi connectivity index (χ4n) is 2.18. The summed E-state index contributed by atoms with van der Waals surface area (Å²) in [4.78, 5) is 10.8. The van der Waals surface area contributed by atoms with Crippen molar-refractivity contribution >= 4 is 5.91 Å². The van der Waals surface area contributed by atoms with Gasteiger partial charge in [-0.2, -0.15) is 0 Å². The molecule has 4 N–H and O–H groups in total. The Balaban J connectivity index is 1.88. The molecule has 1 spiro atoms. The van der Waals surface area contributed by atoms with Gasteiger partial charge in [0.1, 0.15) is 0 Å². The Hall–Kier alpha value is -0.610. The summed E-state index contributed by atoms with van der Waals surface area (Å²) in [7, 11) is 0. The van der Waals surface area contributed by atoms with Crippen molar-refractivity contribution in [1.29, 1.82) is 0 Å². The first-order valence-electron chi connectivity index (χ1n) is 4.47. The van der Waals surface area contributed by atoms with Crippen LogP contribution in [-0.2, 0) is 4.79 Å². The summed E-state index contributed by atoms with van der Waals surface area (Å²) >= 11 is 0. The van der Waals surface area contributed by atoms with Gasteiger partial charge in [0.05, 0.1) is 0 Å². The van der Waals surface area contributed by atoms with Gasteiger partial charge >= 0.3 is 0 Å². The quantitative estimate of drug-likeness (QED) is 0.462. The van der Waals surface area contributed by atoms with Gasteiger partial charge in [0.2, 0.25) is 5.91 Å². The van der Waals surface area contributed by atoms with Crippen molar-refractivity contribution in [1.82, 2.24) is 10.6 Å². The van der Waals surface area contributed by atoms with Crippen LogP contribution in [0.4, 0.5) is 0 Å². The molecule has 1 amide bonds. The summed E-state index contributed by atoms with van der Waals surface area (Å²) in [6, 6.07) is 0. The molecule has 0 aromatic rings. The number of amides is 1. The van der Waals surface area contributed by atoms with E-state index < -0.39 is 0 Å². The molecule has 12 heavy (non-hydrogen) atoms.